The number of carbonyl (C=O) groups excluding carboxylic acids is 1. The summed E-state index contributed by atoms with van der Waals surface area (Å²) in [5.74, 6) is -0.491. The maximum Gasteiger partial charge on any atom is 0.265 e. The minimum absolute atomic E-state index is 0.0863. The number of benzene rings is 1. The van der Waals surface area contributed by atoms with Crippen molar-refractivity contribution in [1.29, 1.82) is 0 Å². The predicted octanol–water partition coefficient (Wildman–Crippen LogP) is 4.50. The fourth-order valence-corrected chi connectivity index (χ4v) is 5.01. The van der Waals surface area contributed by atoms with Crippen LogP contribution in [-0.4, -0.2) is 24.5 Å². The zero-order valence-corrected chi connectivity index (χ0v) is 18.7. The topological polar surface area (TPSA) is 110 Å². The predicted molar refractivity (Wildman–Crippen MR) is 113 cm³/mol. The second-order valence-corrected chi connectivity index (χ2v) is 9.16. The van der Waals surface area contributed by atoms with Crippen LogP contribution in [0, 0.1) is 20.8 Å². The highest BCUT2D eigenvalue weighted by Gasteiger charge is 2.25. The molecule has 0 saturated heterocycles. The van der Waals surface area contributed by atoms with Crippen molar-refractivity contribution in [3.05, 3.63) is 61.9 Å². The first kappa shape index (κ1) is 23.1. The summed E-state index contributed by atoms with van der Waals surface area (Å²) in [6, 6.07) is 7.38. The summed E-state index contributed by atoms with van der Waals surface area (Å²) in [6.07, 6.45) is 0. The number of carbonyl (C=O) groups is 1. The van der Waals surface area contributed by atoms with Crippen LogP contribution in [-0.2, 0) is 16.6 Å². The lowest BCUT2D eigenvalue weighted by molar-refractivity contribution is 0.101. The SMILES string of the molecule is CC(=O)c1sccc1S(=O)(=O)Nc1onc(C)c1Cl.Cc1cccc(C)c1CO. The molecule has 0 atom stereocenters. The van der Waals surface area contributed by atoms with Gasteiger partial charge in [-0.3, -0.25) is 4.79 Å². The Morgan fingerprint density at radius 3 is 2.31 bits per heavy atom. The van der Waals surface area contributed by atoms with Gasteiger partial charge < -0.3 is 9.63 Å². The Balaban J connectivity index is 0.000000253. The van der Waals surface area contributed by atoms with Crippen molar-refractivity contribution >= 4 is 44.6 Å². The van der Waals surface area contributed by atoms with E-state index in [1.54, 1.807) is 6.92 Å². The summed E-state index contributed by atoms with van der Waals surface area (Å²) in [5.41, 5.74) is 3.77. The van der Waals surface area contributed by atoms with Gasteiger partial charge in [0.05, 0.1) is 11.5 Å². The van der Waals surface area contributed by atoms with Crippen LogP contribution in [0.15, 0.2) is 39.1 Å². The van der Waals surface area contributed by atoms with Gasteiger partial charge in [0.15, 0.2) is 5.78 Å². The molecule has 0 unspecified atom stereocenters. The number of halogens is 1. The standard InChI is InChI=1S/C10H9ClN2O4S2.C9H12O/c1-5-8(11)10(17-12-5)13-19(15,16)7-3-4-18-9(7)6(2)14;1-7-4-3-5-8(2)9(7)6-10/h3-4,13H,1-2H3;3-5,10H,6H2,1-2H3. The molecule has 0 saturated carbocycles. The van der Waals surface area contributed by atoms with E-state index in [2.05, 4.69) is 9.88 Å². The number of aryl methyl sites for hydroxylation is 3. The Morgan fingerprint density at radius 1 is 1.24 bits per heavy atom. The van der Waals surface area contributed by atoms with Crippen molar-refractivity contribution < 1.29 is 22.8 Å². The zero-order valence-electron chi connectivity index (χ0n) is 16.3. The van der Waals surface area contributed by atoms with E-state index in [1.165, 1.54) is 29.5 Å². The molecule has 10 heteroatoms. The van der Waals surface area contributed by atoms with Crippen molar-refractivity contribution in [1.82, 2.24) is 5.16 Å². The maximum absolute atomic E-state index is 12.1. The Kier molecular flexibility index (Phi) is 7.59. The molecule has 7 nitrogen and oxygen atoms in total. The van der Waals surface area contributed by atoms with E-state index >= 15 is 0 Å². The van der Waals surface area contributed by atoms with Crippen LogP contribution in [0.5, 0.6) is 0 Å². The molecule has 2 heterocycles. The molecule has 3 aromatic rings. The fraction of sp³-hybridized carbons (Fsp3) is 0.263. The number of aliphatic hydroxyl groups is 1. The van der Waals surface area contributed by atoms with E-state index in [1.807, 2.05) is 32.0 Å². The van der Waals surface area contributed by atoms with Gasteiger partial charge in [-0.15, -0.1) is 11.3 Å². The van der Waals surface area contributed by atoms with Gasteiger partial charge in [0.25, 0.3) is 15.9 Å². The lowest BCUT2D eigenvalue weighted by Crippen LogP contribution is -2.14. The number of hydrogen-bond donors (Lipinski definition) is 2. The molecular formula is C19H21ClN2O5S2. The molecule has 0 bridgehead atoms. The monoisotopic (exact) mass is 456 g/mol. The highest BCUT2D eigenvalue weighted by Crippen LogP contribution is 2.29. The Morgan fingerprint density at radius 2 is 1.86 bits per heavy atom. The van der Waals surface area contributed by atoms with E-state index in [0.29, 0.717) is 5.69 Å². The summed E-state index contributed by atoms with van der Waals surface area (Å²) in [7, 11) is -3.93. The van der Waals surface area contributed by atoms with Crippen LogP contribution in [0.4, 0.5) is 5.88 Å². The minimum atomic E-state index is -3.93. The van der Waals surface area contributed by atoms with Gasteiger partial charge in [-0.05, 0) is 55.8 Å². The van der Waals surface area contributed by atoms with Crippen LogP contribution >= 0.6 is 22.9 Å². The third-order valence-corrected chi connectivity index (χ3v) is 7.02. The summed E-state index contributed by atoms with van der Waals surface area (Å²) < 4.78 is 31.2. The summed E-state index contributed by atoms with van der Waals surface area (Å²) >= 11 is 6.89. The average molecular weight is 457 g/mol. The molecule has 0 radical (unpaired) electrons. The highest BCUT2D eigenvalue weighted by molar-refractivity contribution is 7.93. The molecule has 2 aromatic heterocycles. The van der Waals surface area contributed by atoms with Crippen LogP contribution in [0.1, 0.15) is 39.0 Å². The number of nitrogens with one attached hydrogen (secondary N) is 1. The Labute approximate surface area is 178 Å². The largest absolute Gasteiger partial charge is 0.392 e. The molecule has 0 aliphatic rings. The first-order chi connectivity index (χ1) is 13.6. The molecule has 0 aliphatic carbocycles. The zero-order chi connectivity index (χ0) is 21.8. The number of hydrogen-bond acceptors (Lipinski definition) is 7. The number of ketones is 1. The summed E-state index contributed by atoms with van der Waals surface area (Å²) in [4.78, 5) is 11.4. The van der Waals surface area contributed by atoms with Gasteiger partial charge in [-0.2, -0.15) is 0 Å². The first-order valence-electron chi connectivity index (χ1n) is 8.47. The van der Waals surface area contributed by atoms with E-state index < -0.39 is 10.0 Å². The number of aliphatic hydroxyl groups excluding tert-OH is 1. The molecule has 0 aliphatic heterocycles. The molecule has 0 amide bonds. The van der Waals surface area contributed by atoms with E-state index in [0.717, 1.165) is 16.9 Å². The highest BCUT2D eigenvalue weighted by atomic mass is 35.5. The normalized spacial score (nSPS) is 11.0. The molecule has 1 aromatic carbocycles. The molecular weight excluding hydrogens is 436 g/mol. The second-order valence-electron chi connectivity index (χ2n) is 6.22. The molecule has 3 rings (SSSR count). The summed E-state index contributed by atoms with van der Waals surface area (Å²) in [6.45, 7) is 7.06. The number of thiophene rings is 1. The average Bonchev–Trinajstić information content (AvgIpc) is 3.26. The number of aromatic nitrogens is 1. The van der Waals surface area contributed by atoms with Gasteiger partial charge in [-0.1, -0.05) is 35.0 Å². The van der Waals surface area contributed by atoms with Gasteiger partial charge in [0.2, 0.25) is 0 Å². The second kappa shape index (κ2) is 9.53. The number of sulfonamides is 1. The third kappa shape index (κ3) is 5.45. The molecule has 2 N–H and O–H groups in total. The lowest BCUT2D eigenvalue weighted by atomic mass is 10.0. The third-order valence-electron chi connectivity index (χ3n) is 4.06. The molecule has 156 valence electrons. The number of Topliss-reactive ketones (excluding diaryl/α,β-unsaturated/α-hetero) is 1. The van der Waals surface area contributed by atoms with E-state index in [9.17, 15) is 13.2 Å². The van der Waals surface area contributed by atoms with Crippen LogP contribution < -0.4 is 4.72 Å². The quantitative estimate of drug-likeness (QED) is 0.547. The van der Waals surface area contributed by atoms with Crippen molar-refractivity contribution in [2.45, 2.75) is 39.2 Å². The van der Waals surface area contributed by atoms with Crippen molar-refractivity contribution in [2.24, 2.45) is 0 Å². The Bertz CT molecular complexity index is 1100. The number of rotatable bonds is 5. The van der Waals surface area contributed by atoms with Crippen molar-refractivity contribution in [3.8, 4) is 0 Å². The van der Waals surface area contributed by atoms with Gasteiger partial charge >= 0.3 is 0 Å². The molecule has 0 spiro atoms. The lowest BCUT2D eigenvalue weighted by Gasteiger charge is -2.04. The van der Waals surface area contributed by atoms with E-state index in [4.69, 9.17) is 21.2 Å². The van der Waals surface area contributed by atoms with Crippen LogP contribution in [0.2, 0.25) is 5.02 Å². The number of nitrogens with zero attached hydrogens (tertiary/aromatic N) is 1. The number of anilines is 1. The van der Waals surface area contributed by atoms with Gasteiger partial charge in [-0.25, -0.2) is 13.1 Å². The van der Waals surface area contributed by atoms with Gasteiger partial charge in [0.1, 0.15) is 15.6 Å². The van der Waals surface area contributed by atoms with Crippen LogP contribution in [0.25, 0.3) is 0 Å². The van der Waals surface area contributed by atoms with Crippen LogP contribution in [0.3, 0.4) is 0 Å². The first-order valence-corrected chi connectivity index (χ1v) is 11.2. The van der Waals surface area contributed by atoms with Gasteiger partial charge in [0, 0.05) is 0 Å². The van der Waals surface area contributed by atoms with Crippen molar-refractivity contribution in [3.63, 3.8) is 0 Å². The minimum Gasteiger partial charge on any atom is -0.392 e. The van der Waals surface area contributed by atoms with Crippen molar-refractivity contribution in [2.75, 3.05) is 4.72 Å². The Hall–Kier alpha value is -2.20. The summed E-state index contributed by atoms with van der Waals surface area (Å²) in [5, 5.41) is 14.1. The van der Waals surface area contributed by atoms with E-state index in [-0.39, 0.29) is 33.1 Å². The maximum atomic E-state index is 12.1. The smallest absolute Gasteiger partial charge is 0.265 e. The fourth-order valence-electron chi connectivity index (χ4n) is 2.46. The molecule has 0 fully saturated rings. The molecule has 29 heavy (non-hydrogen) atoms.